The van der Waals surface area contributed by atoms with Crippen LogP contribution in [0.5, 0.6) is 0 Å². The van der Waals surface area contributed by atoms with E-state index in [2.05, 4.69) is 91.9 Å². The van der Waals surface area contributed by atoms with Crippen LogP contribution in [-0.2, 0) is 0 Å². The molecule has 0 aromatic heterocycles. The molecule has 2 N–H and O–H groups in total. The van der Waals surface area contributed by atoms with Crippen LogP contribution in [0.3, 0.4) is 0 Å². The fraction of sp³-hybridized carbons (Fsp3) is 0.226. The van der Waals surface area contributed by atoms with E-state index in [1.54, 1.807) is 5.57 Å². The standard InChI is InChI=1S/C31H31N/c1-2-3-4-9-22-18-25-10-5-7-12-28(25)30(19-22)24-16-14-23(15-17-24)27-20-26-11-6-8-13-29(26)31(32)21-27/h5-8,10-18,20-21,30H,2-4,9,19,32H2,1H3. The average molecular weight is 418 g/mol. The fourth-order valence-corrected chi connectivity index (χ4v) is 5.10. The quantitative estimate of drug-likeness (QED) is 0.247. The number of rotatable bonds is 6. The smallest absolute Gasteiger partial charge is 0.0399 e. The first kappa shape index (κ1) is 20.6. The molecular formula is C31H31N. The lowest BCUT2D eigenvalue weighted by Gasteiger charge is -2.26. The normalized spacial score (nSPS) is 15.4. The summed E-state index contributed by atoms with van der Waals surface area (Å²) >= 11 is 0. The van der Waals surface area contributed by atoms with E-state index in [0.717, 1.165) is 17.5 Å². The van der Waals surface area contributed by atoms with Crippen molar-refractivity contribution in [1.82, 2.24) is 0 Å². The summed E-state index contributed by atoms with van der Waals surface area (Å²) in [6.45, 7) is 2.28. The third-order valence-electron chi connectivity index (χ3n) is 6.84. The summed E-state index contributed by atoms with van der Waals surface area (Å²) in [6, 6.07) is 30.7. The van der Waals surface area contributed by atoms with Gasteiger partial charge in [-0.3, -0.25) is 0 Å². The van der Waals surface area contributed by atoms with E-state index in [4.69, 9.17) is 5.73 Å². The van der Waals surface area contributed by atoms with E-state index in [1.165, 1.54) is 58.9 Å². The second-order valence-electron chi connectivity index (χ2n) is 9.05. The molecule has 0 heterocycles. The van der Waals surface area contributed by atoms with Crippen molar-refractivity contribution in [3.8, 4) is 11.1 Å². The molecule has 5 rings (SSSR count). The predicted molar refractivity (Wildman–Crippen MR) is 139 cm³/mol. The zero-order chi connectivity index (χ0) is 21.9. The summed E-state index contributed by atoms with van der Waals surface area (Å²) < 4.78 is 0. The largest absolute Gasteiger partial charge is 0.398 e. The molecule has 1 heteroatoms. The third kappa shape index (κ3) is 4.08. The summed E-state index contributed by atoms with van der Waals surface area (Å²) in [6.07, 6.45) is 8.66. The highest BCUT2D eigenvalue weighted by Crippen LogP contribution is 2.40. The van der Waals surface area contributed by atoms with Crippen LogP contribution >= 0.6 is 0 Å². The Morgan fingerprint density at radius 3 is 2.44 bits per heavy atom. The molecule has 0 saturated carbocycles. The van der Waals surface area contributed by atoms with E-state index in [-0.39, 0.29) is 0 Å². The van der Waals surface area contributed by atoms with E-state index in [9.17, 15) is 0 Å². The predicted octanol–water partition coefficient (Wildman–Crippen LogP) is 8.59. The minimum absolute atomic E-state index is 0.434. The molecule has 1 aliphatic rings. The average Bonchev–Trinajstić information content (AvgIpc) is 2.84. The van der Waals surface area contributed by atoms with Crippen molar-refractivity contribution in [3.05, 3.63) is 107 Å². The van der Waals surface area contributed by atoms with Crippen LogP contribution in [0.4, 0.5) is 5.69 Å². The highest BCUT2D eigenvalue weighted by atomic mass is 14.5. The molecule has 1 nitrogen and oxygen atoms in total. The van der Waals surface area contributed by atoms with E-state index >= 15 is 0 Å². The lowest BCUT2D eigenvalue weighted by atomic mass is 9.78. The van der Waals surface area contributed by atoms with Gasteiger partial charge in [0.15, 0.2) is 0 Å². The number of hydrogen-bond donors (Lipinski definition) is 1. The molecule has 0 radical (unpaired) electrons. The first-order chi connectivity index (χ1) is 15.7. The van der Waals surface area contributed by atoms with Crippen LogP contribution in [0, 0.1) is 0 Å². The Morgan fingerprint density at radius 1 is 0.812 bits per heavy atom. The lowest BCUT2D eigenvalue weighted by molar-refractivity contribution is 0.674. The molecule has 0 aliphatic heterocycles. The summed E-state index contributed by atoms with van der Waals surface area (Å²) in [5.41, 5.74) is 15.4. The van der Waals surface area contributed by atoms with Gasteiger partial charge in [0.05, 0.1) is 0 Å². The van der Waals surface area contributed by atoms with Gasteiger partial charge in [-0.2, -0.15) is 0 Å². The number of anilines is 1. The van der Waals surface area contributed by atoms with Gasteiger partial charge in [0.25, 0.3) is 0 Å². The molecule has 32 heavy (non-hydrogen) atoms. The van der Waals surface area contributed by atoms with Gasteiger partial charge < -0.3 is 5.73 Å². The monoisotopic (exact) mass is 417 g/mol. The van der Waals surface area contributed by atoms with Crippen LogP contribution in [0.25, 0.3) is 28.0 Å². The molecule has 0 spiro atoms. The van der Waals surface area contributed by atoms with E-state index in [1.807, 2.05) is 6.07 Å². The molecule has 160 valence electrons. The topological polar surface area (TPSA) is 26.0 Å². The van der Waals surface area contributed by atoms with E-state index < -0.39 is 0 Å². The summed E-state index contributed by atoms with van der Waals surface area (Å²) in [4.78, 5) is 0. The molecule has 0 saturated heterocycles. The zero-order valence-corrected chi connectivity index (χ0v) is 18.9. The Balaban J connectivity index is 1.45. The van der Waals surface area contributed by atoms with Crippen LogP contribution < -0.4 is 5.73 Å². The molecule has 4 aromatic rings. The van der Waals surface area contributed by atoms with Crippen molar-refractivity contribution in [2.45, 2.75) is 44.9 Å². The SMILES string of the molecule is CCCCCC1=Cc2ccccc2C(c2ccc(-c3cc(N)c4ccccc4c3)cc2)C1. The first-order valence-electron chi connectivity index (χ1n) is 11.9. The number of allylic oxidation sites excluding steroid dienone is 1. The number of fused-ring (bicyclic) bond motifs is 2. The molecule has 4 aromatic carbocycles. The molecule has 0 fully saturated rings. The minimum atomic E-state index is 0.434. The van der Waals surface area contributed by atoms with Gasteiger partial charge >= 0.3 is 0 Å². The first-order valence-corrected chi connectivity index (χ1v) is 11.9. The number of nitrogen functional groups attached to an aromatic ring is 1. The molecule has 1 atom stereocenters. The van der Waals surface area contributed by atoms with Crippen LogP contribution in [0.2, 0.25) is 0 Å². The van der Waals surface area contributed by atoms with Crippen LogP contribution in [0.15, 0.2) is 90.5 Å². The molecule has 0 amide bonds. The maximum Gasteiger partial charge on any atom is 0.0399 e. The Labute approximate surface area is 191 Å². The Hall–Kier alpha value is -3.32. The number of benzene rings is 4. The van der Waals surface area contributed by atoms with Gasteiger partial charge in [-0.1, -0.05) is 104 Å². The number of unbranched alkanes of at least 4 members (excludes halogenated alkanes) is 2. The van der Waals surface area contributed by atoms with Gasteiger partial charge in [0.2, 0.25) is 0 Å². The van der Waals surface area contributed by atoms with Crippen molar-refractivity contribution in [2.24, 2.45) is 0 Å². The minimum Gasteiger partial charge on any atom is -0.398 e. The van der Waals surface area contributed by atoms with Crippen molar-refractivity contribution in [3.63, 3.8) is 0 Å². The Kier molecular flexibility index (Phi) is 5.81. The molecule has 1 unspecified atom stereocenters. The second-order valence-corrected chi connectivity index (χ2v) is 9.05. The zero-order valence-electron chi connectivity index (χ0n) is 18.9. The third-order valence-corrected chi connectivity index (χ3v) is 6.84. The summed E-state index contributed by atoms with van der Waals surface area (Å²) in [7, 11) is 0. The fourth-order valence-electron chi connectivity index (χ4n) is 5.10. The highest BCUT2D eigenvalue weighted by Gasteiger charge is 2.22. The van der Waals surface area contributed by atoms with Crippen LogP contribution in [0.1, 0.15) is 61.6 Å². The van der Waals surface area contributed by atoms with Crippen molar-refractivity contribution in [1.29, 1.82) is 0 Å². The van der Waals surface area contributed by atoms with Gasteiger partial charge in [-0.15, -0.1) is 0 Å². The Morgan fingerprint density at radius 2 is 1.59 bits per heavy atom. The number of nitrogens with two attached hydrogens (primary N) is 1. The van der Waals surface area contributed by atoms with E-state index in [0.29, 0.717) is 5.92 Å². The molecule has 0 bridgehead atoms. The van der Waals surface area contributed by atoms with Gasteiger partial charge in [-0.25, -0.2) is 0 Å². The van der Waals surface area contributed by atoms with Gasteiger partial charge in [-0.05, 0) is 64.6 Å². The number of hydrogen-bond acceptors (Lipinski definition) is 1. The Bertz CT molecular complexity index is 1260. The van der Waals surface area contributed by atoms with Gasteiger partial charge in [0, 0.05) is 17.0 Å². The summed E-state index contributed by atoms with van der Waals surface area (Å²) in [5.74, 6) is 0.434. The lowest BCUT2D eigenvalue weighted by Crippen LogP contribution is -2.09. The molecule has 1 aliphatic carbocycles. The molecular weight excluding hydrogens is 386 g/mol. The second kappa shape index (κ2) is 9.04. The van der Waals surface area contributed by atoms with Gasteiger partial charge in [0.1, 0.15) is 0 Å². The summed E-state index contributed by atoms with van der Waals surface area (Å²) in [5, 5.41) is 2.31. The van der Waals surface area contributed by atoms with Crippen LogP contribution in [-0.4, -0.2) is 0 Å². The van der Waals surface area contributed by atoms with Crippen molar-refractivity contribution >= 4 is 22.5 Å². The highest BCUT2D eigenvalue weighted by molar-refractivity contribution is 5.96. The maximum atomic E-state index is 6.35. The van der Waals surface area contributed by atoms with Crippen molar-refractivity contribution in [2.75, 3.05) is 5.73 Å². The van der Waals surface area contributed by atoms with Crippen molar-refractivity contribution < 1.29 is 0 Å². The maximum absolute atomic E-state index is 6.35.